The topological polar surface area (TPSA) is 88.4 Å². The van der Waals surface area contributed by atoms with Gasteiger partial charge in [-0.1, -0.05) is 17.7 Å². The van der Waals surface area contributed by atoms with E-state index in [4.69, 9.17) is 14.7 Å². The molecule has 0 aliphatic heterocycles. The highest BCUT2D eigenvalue weighted by atomic mass is 16.5. The molecule has 0 saturated carbocycles. The van der Waals surface area contributed by atoms with E-state index in [-0.39, 0.29) is 5.57 Å². The smallest absolute Gasteiger partial charge is 0.336 e. The molecule has 0 radical (unpaired) electrons. The van der Waals surface area contributed by atoms with Crippen LogP contribution in [0.15, 0.2) is 41.5 Å². The van der Waals surface area contributed by atoms with Crippen molar-refractivity contribution in [1.29, 1.82) is 5.26 Å². The first-order valence-electron chi connectivity index (χ1n) is 7.32. The van der Waals surface area contributed by atoms with E-state index < -0.39 is 11.9 Å². The van der Waals surface area contributed by atoms with Gasteiger partial charge >= 0.3 is 5.97 Å². The number of amides is 1. The summed E-state index contributed by atoms with van der Waals surface area (Å²) in [5, 5.41) is 11.7. The quantitative estimate of drug-likeness (QED) is 0.273. The number of ether oxygens (including phenoxy) is 2. The van der Waals surface area contributed by atoms with Gasteiger partial charge in [-0.25, -0.2) is 4.79 Å². The van der Waals surface area contributed by atoms with Crippen LogP contribution in [0.25, 0.3) is 6.08 Å². The molecule has 6 heteroatoms. The first kappa shape index (κ1) is 19.1. The molecular weight excluding hydrogens is 308 g/mol. The number of nitrogens with zero attached hydrogens (tertiary/aromatic N) is 1. The molecule has 1 amide bonds. The van der Waals surface area contributed by atoms with Crippen molar-refractivity contribution < 1.29 is 19.1 Å². The van der Waals surface area contributed by atoms with Crippen LogP contribution in [-0.2, 0) is 14.3 Å². The van der Waals surface area contributed by atoms with Gasteiger partial charge in [-0.3, -0.25) is 4.79 Å². The molecule has 1 aromatic rings. The average molecular weight is 328 g/mol. The molecule has 1 N–H and O–H groups in total. The molecule has 0 bridgehead atoms. The fraction of sp³-hybridized carbons (Fsp3) is 0.278. The Kier molecular flexibility index (Phi) is 7.96. The van der Waals surface area contributed by atoms with Crippen LogP contribution in [0.1, 0.15) is 19.4 Å². The van der Waals surface area contributed by atoms with E-state index in [1.165, 1.54) is 19.3 Å². The monoisotopic (exact) mass is 328 g/mol. The molecule has 0 aromatic heterocycles. The number of carbonyl (C=O) groups is 2. The molecule has 126 valence electrons. The number of allylic oxidation sites excluding steroid dienone is 1. The van der Waals surface area contributed by atoms with Crippen LogP contribution in [0.3, 0.4) is 0 Å². The van der Waals surface area contributed by atoms with Gasteiger partial charge in [0.05, 0.1) is 6.61 Å². The van der Waals surface area contributed by atoms with Gasteiger partial charge in [0.2, 0.25) is 0 Å². The molecule has 6 nitrogen and oxygen atoms in total. The van der Waals surface area contributed by atoms with Gasteiger partial charge in [-0.15, -0.1) is 0 Å². The zero-order valence-corrected chi connectivity index (χ0v) is 14.0. The highest BCUT2D eigenvalue weighted by molar-refractivity contribution is 6.01. The summed E-state index contributed by atoms with van der Waals surface area (Å²) in [5.74, 6) is -0.528. The Morgan fingerprint density at radius 2 is 1.92 bits per heavy atom. The highest BCUT2D eigenvalue weighted by Gasteiger charge is 2.08. The summed E-state index contributed by atoms with van der Waals surface area (Å²) >= 11 is 0. The standard InChI is InChI=1S/C18H20N2O4/c1-13(2)10-17(21)24-16-6-4-14(5-7-16)11-15(12-19)18(22)20-8-9-23-3/h4-7,10-11H,8-9H2,1-3H3,(H,20,22)/b15-11+. The van der Waals surface area contributed by atoms with Crippen LogP contribution in [0.2, 0.25) is 0 Å². The van der Waals surface area contributed by atoms with Crippen molar-refractivity contribution in [3.63, 3.8) is 0 Å². The van der Waals surface area contributed by atoms with Gasteiger partial charge in [0, 0.05) is 19.7 Å². The molecule has 0 spiro atoms. The number of esters is 1. The van der Waals surface area contributed by atoms with E-state index in [1.54, 1.807) is 38.1 Å². The third-order valence-corrected chi connectivity index (χ3v) is 2.77. The highest BCUT2D eigenvalue weighted by Crippen LogP contribution is 2.15. The molecule has 0 unspecified atom stereocenters. The van der Waals surface area contributed by atoms with Crippen LogP contribution in [0.4, 0.5) is 0 Å². The fourth-order valence-electron chi connectivity index (χ4n) is 1.69. The van der Waals surface area contributed by atoms with E-state index in [2.05, 4.69) is 5.32 Å². The normalized spacial score (nSPS) is 10.5. The first-order valence-corrected chi connectivity index (χ1v) is 7.32. The molecular formula is C18H20N2O4. The van der Waals surface area contributed by atoms with Crippen molar-refractivity contribution in [3.8, 4) is 11.8 Å². The third kappa shape index (κ3) is 6.90. The van der Waals surface area contributed by atoms with Crippen LogP contribution < -0.4 is 10.1 Å². The number of carbonyl (C=O) groups excluding carboxylic acids is 2. The molecule has 0 atom stereocenters. The molecule has 0 saturated heterocycles. The number of benzene rings is 1. The van der Waals surface area contributed by atoms with Gasteiger partial charge in [0.15, 0.2) is 0 Å². The lowest BCUT2D eigenvalue weighted by Crippen LogP contribution is -2.27. The predicted molar refractivity (Wildman–Crippen MR) is 90.0 cm³/mol. The van der Waals surface area contributed by atoms with Crippen LogP contribution in [-0.4, -0.2) is 32.1 Å². The van der Waals surface area contributed by atoms with E-state index in [1.807, 2.05) is 6.07 Å². The fourth-order valence-corrected chi connectivity index (χ4v) is 1.69. The maximum absolute atomic E-state index is 11.8. The van der Waals surface area contributed by atoms with Crippen molar-refractivity contribution in [1.82, 2.24) is 5.32 Å². The summed E-state index contributed by atoms with van der Waals surface area (Å²) in [4.78, 5) is 23.4. The van der Waals surface area contributed by atoms with Gasteiger partial charge in [0.1, 0.15) is 17.4 Å². The zero-order valence-electron chi connectivity index (χ0n) is 14.0. The third-order valence-electron chi connectivity index (χ3n) is 2.77. The minimum Gasteiger partial charge on any atom is -0.423 e. The SMILES string of the molecule is COCCNC(=O)/C(C#N)=C/c1ccc(OC(=O)C=C(C)C)cc1. The van der Waals surface area contributed by atoms with Gasteiger partial charge < -0.3 is 14.8 Å². The predicted octanol–water partition coefficient (Wildman–Crippen LogP) is 2.23. The summed E-state index contributed by atoms with van der Waals surface area (Å²) < 4.78 is 9.96. The van der Waals surface area contributed by atoms with E-state index in [9.17, 15) is 9.59 Å². The molecule has 0 aliphatic rings. The van der Waals surface area contributed by atoms with E-state index in [0.717, 1.165) is 5.57 Å². The molecule has 1 aromatic carbocycles. The lowest BCUT2D eigenvalue weighted by molar-refractivity contribution is -0.129. The van der Waals surface area contributed by atoms with E-state index >= 15 is 0 Å². The lowest BCUT2D eigenvalue weighted by Gasteiger charge is -2.04. The van der Waals surface area contributed by atoms with Crippen LogP contribution >= 0.6 is 0 Å². The lowest BCUT2D eigenvalue weighted by atomic mass is 10.1. The Labute approximate surface area is 141 Å². The zero-order chi connectivity index (χ0) is 17.9. The van der Waals surface area contributed by atoms with Crippen molar-refractivity contribution in [2.45, 2.75) is 13.8 Å². The molecule has 0 aliphatic carbocycles. The molecule has 0 heterocycles. The van der Waals surface area contributed by atoms with Crippen molar-refractivity contribution >= 4 is 18.0 Å². The Balaban J connectivity index is 2.76. The molecule has 1 rings (SSSR count). The molecule has 0 fully saturated rings. The number of nitrogens with one attached hydrogen (secondary N) is 1. The largest absolute Gasteiger partial charge is 0.423 e. The number of nitriles is 1. The second-order valence-corrected chi connectivity index (χ2v) is 5.13. The maximum Gasteiger partial charge on any atom is 0.336 e. The Morgan fingerprint density at radius 3 is 2.46 bits per heavy atom. The van der Waals surface area contributed by atoms with Gasteiger partial charge in [-0.05, 0) is 37.6 Å². The average Bonchev–Trinajstić information content (AvgIpc) is 2.53. The summed E-state index contributed by atoms with van der Waals surface area (Å²) in [5.41, 5.74) is 1.48. The van der Waals surface area contributed by atoms with Crippen LogP contribution in [0.5, 0.6) is 5.75 Å². The number of hydrogen-bond donors (Lipinski definition) is 1. The Bertz CT molecular complexity index is 678. The number of rotatable bonds is 7. The second kappa shape index (κ2) is 9.98. The van der Waals surface area contributed by atoms with E-state index in [0.29, 0.717) is 24.5 Å². The minimum absolute atomic E-state index is 0.0135. The van der Waals surface area contributed by atoms with Crippen molar-refractivity contribution in [2.24, 2.45) is 0 Å². The van der Waals surface area contributed by atoms with Gasteiger partial charge in [-0.2, -0.15) is 5.26 Å². The number of methoxy groups -OCH3 is 1. The second-order valence-electron chi connectivity index (χ2n) is 5.13. The summed E-state index contributed by atoms with van der Waals surface area (Å²) in [6.07, 6.45) is 2.86. The summed E-state index contributed by atoms with van der Waals surface area (Å²) in [6.45, 7) is 4.30. The van der Waals surface area contributed by atoms with Gasteiger partial charge in [0.25, 0.3) is 5.91 Å². The minimum atomic E-state index is -0.464. The van der Waals surface area contributed by atoms with Crippen LogP contribution in [0, 0.1) is 11.3 Å². The van der Waals surface area contributed by atoms with Crippen molar-refractivity contribution in [3.05, 3.63) is 47.1 Å². The summed E-state index contributed by atoms with van der Waals surface area (Å²) in [7, 11) is 1.53. The van der Waals surface area contributed by atoms with Crippen molar-refractivity contribution in [2.75, 3.05) is 20.3 Å². The first-order chi connectivity index (χ1) is 11.5. The Morgan fingerprint density at radius 1 is 1.25 bits per heavy atom. The maximum atomic E-state index is 11.8. The molecule has 24 heavy (non-hydrogen) atoms. The summed E-state index contributed by atoms with van der Waals surface area (Å²) in [6, 6.07) is 8.37. The number of hydrogen-bond acceptors (Lipinski definition) is 5. The Hall–Kier alpha value is -2.91.